The zero-order valence-electron chi connectivity index (χ0n) is 6.58. The molecule has 12 heavy (non-hydrogen) atoms. The number of thiocarbonyl (C=S) groups is 1. The Morgan fingerprint density at radius 2 is 2.50 bits per heavy atom. The molecule has 0 aliphatic carbocycles. The third kappa shape index (κ3) is 2.84. The fraction of sp³-hybridized carbons (Fsp3) is 0.125. The third-order valence-electron chi connectivity index (χ3n) is 1.20. The van der Waals surface area contributed by atoms with Gasteiger partial charge in [-0.15, -0.1) is 0 Å². The molecule has 1 aromatic rings. The number of aromatic nitrogens is 1. The van der Waals surface area contributed by atoms with Crippen LogP contribution in [0, 0.1) is 6.92 Å². The second-order valence-electron chi connectivity index (χ2n) is 2.12. The van der Waals surface area contributed by atoms with E-state index in [1.54, 1.807) is 12.4 Å². The van der Waals surface area contributed by atoms with Gasteiger partial charge >= 0.3 is 0 Å². The minimum Gasteiger partial charge on any atom is -0.362 e. The summed E-state index contributed by atoms with van der Waals surface area (Å²) in [6.45, 7) is 4.19. The van der Waals surface area contributed by atoms with Gasteiger partial charge in [-0.25, -0.2) is 0 Å². The van der Waals surface area contributed by atoms with Crippen LogP contribution in [-0.2, 0) is 0 Å². The quantitative estimate of drug-likeness (QED) is 0.671. The molecule has 0 aliphatic rings. The van der Waals surface area contributed by atoms with E-state index in [-0.39, 0.29) is 0 Å². The van der Waals surface area contributed by atoms with Gasteiger partial charge in [0.15, 0.2) is 5.11 Å². The summed E-state index contributed by atoms with van der Waals surface area (Å²) in [6.07, 6.45) is 3.42. The standard InChI is InChI=1S/C8H10N3S/c1-2-10-8(12)11-7-4-3-5-9-6-7/h3-6H,1-2H2,(H2,10,11,12). The molecule has 4 heteroatoms. The van der Waals surface area contributed by atoms with E-state index in [0.717, 1.165) is 5.69 Å². The first-order valence-electron chi connectivity index (χ1n) is 3.57. The number of pyridine rings is 1. The molecule has 0 amide bonds. The van der Waals surface area contributed by atoms with E-state index in [2.05, 4.69) is 22.5 Å². The van der Waals surface area contributed by atoms with Gasteiger partial charge in [0.05, 0.1) is 11.9 Å². The van der Waals surface area contributed by atoms with Crippen LogP contribution in [0.5, 0.6) is 0 Å². The molecule has 1 aromatic heterocycles. The average molecular weight is 180 g/mol. The van der Waals surface area contributed by atoms with E-state index in [1.165, 1.54) is 0 Å². The summed E-state index contributed by atoms with van der Waals surface area (Å²) in [5.74, 6) is 0. The van der Waals surface area contributed by atoms with Crippen LogP contribution < -0.4 is 10.6 Å². The minimum absolute atomic E-state index is 0.568. The Morgan fingerprint density at radius 3 is 3.08 bits per heavy atom. The maximum Gasteiger partial charge on any atom is 0.170 e. The van der Waals surface area contributed by atoms with E-state index < -0.39 is 0 Å². The van der Waals surface area contributed by atoms with Crippen molar-refractivity contribution in [3.05, 3.63) is 31.5 Å². The average Bonchev–Trinajstić information content (AvgIpc) is 2.06. The van der Waals surface area contributed by atoms with Crippen molar-refractivity contribution in [3.8, 4) is 0 Å². The second-order valence-corrected chi connectivity index (χ2v) is 2.53. The number of hydrogen-bond donors (Lipinski definition) is 2. The van der Waals surface area contributed by atoms with Crippen molar-refractivity contribution in [2.75, 3.05) is 11.9 Å². The van der Waals surface area contributed by atoms with Crippen LogP contribution in [0.2, 0.25) is 0 Å². The molecule has 63 valence electrons. The monoisotopic (exact) mass is 180 g/mol. The lowest BCUT2D eigenvalue weighted by atomic mass is 10.4. The van der Waals surface area contributed by atoms with Gasteiger partial charge in [0.1, 0.15) is 0 Å². The molecule has 0 aromatic carbocycles. The number of rotatable bonds is 2. The lowest BCUT2D eigenvalue weighted by Crippen LogP contribution is -2.27. The van der Waals surface area contributed by atoms with Crippen LogP contribution >= 0.6 is 12.2 Å². The molecule has 0 aliphatic heterocycles. The highest BCUT2D eigenvalue weighted by Crippen LogP contribution is 2.01. The molecular formula is C8H10N3S. The van der Waals surface area contributed by atoms with E-state index in [1.807, 2.05) is 12.1 Å². The summed E-state index contributed by atoms with van der Waals surface area (Å²) in [5.41, 5.74) is 0.878. The first-order valence-corrected chi connectivity index (χ1v) is 3.98. The summed E-state index contributed by atoms with van der Waals surface area (Å²) in [4.78, 5) is 3.93. The van der Waals surface area contributed by atoms with Crippen molar-refractivity contribution in [2.45, 2.75) is 0 Å². The molecule has 2 N–H and O–H groups in total. The van der Waals surface area contributed by atoms with Gasteiger partial charge in [-0.05, 0) is 31.3 Å². The normalized spacial score (nSPS) is 9.08. The number of anilines is 1. The molecule has 3 nitrogen and oxygen atoms in total. The summed E-state index contributed by atoms with van der Waals surface area (Å²) >= 11 is 4.95. The minimum atomic E-state index is 0.568. The summed E-state index contributed by atoms with van der Waals surface area (Å²) in [6, 6.07) is 3.74. The smallest absolute Gasteiger partial charge is 0.170 e. The Kier molecular flexibility index (Phi) is 3.47. The van der Waals surface area contributed by atoms with Crippen LogP contribution in [0.15, 0.2) is 24.5 Å². The first kappa shape index (κ1) is 8.93. The predicted molar refractivity (Wildman–Crippen MR) is 53.8 cm³/mol. The molecule has 0 spiro atoms. The van der Waals surface area contributed by atoms with Gasteiger partial charge in [-0.3, -0.25) is 4.98 Å². The third-order valence-corrected chi connectivity index (χ3v) is 1.45. The fourth-order valence-electron chi connectivity index (χ4n) is 0.726. The lowest BCUT2D eigenvalue weighted by Gasteiger charge is -2.07. The van der Waals surface area contributed by atoms with Crippen LogP contribution in [0.4, 0.5) is 5.69 Å². The Morgan fingerprint density at radius 1 is 1.67 bits per heavy atom. The zero-order chi connectivity index (χ0) is 8.81. The van der Waals surface area contributed by atoms with Gasteiger partial charge in [0.2, 0.25) is 0 Å². The van der Waals surface area contributed by atoms with Crippen molar-refractivity contribution in [1.29, 1.82) is 0 Å². The summed E-state index contributed by atoms with van der Waals surface area (Å²) in [5, 5.41) is 6.40. The van der Waals surface area contributed by atoms with Crippen molar-refractivity contribution in [3.63, 3.8) is 0 Å². The first-order chi connectivity index (χ1) is 5.83. The Balaban J connectivity index is 2.47. The maximum absolute atomic E-state index is 4.95. The van der Waals surface area contributed by atoms with E-state index in [4.69, 9.17) is 12.2 Å². The lowest BCUT2D eigenvalue weighted by molar-refractivity contribution is 1.06. The van der Waals surface area contributed by atoms with Crippen molar-refractivity contribution >= 4 is 23.0 Å². The molecule has 0 saturated carbocycles. The highest BCUT2D eigenvalue weighted by molar-refractivity contribution is 7.80. The molecule has 0 saturated heterocycles. The van der Waals surface area contributed by atoms with Crippen LogP contribution in [0.25, 0.3) is 0 Å². The fourth-order valence-corrected chi connectivity index (χ4v) is 0.945. The Labute approximate surface area is 77.2 Å². The van der Waals surface area contributed by atoms with Gasteiger partial charge in [0, 0.05) is 12.7 Å². The van der Waals surface area contributed by atoms with Crippen molar-refractivity contribution < 1.29 is 0 Å². The molecule has 1 heterocycles. The maximum atomic E-state index is 4.95. The van der Waals surface area contributed by atoms with Gasteiger partial charge < -0.3 is 10.6 Å². The van der Waals surface area contributed by atoms with Crippen LogP contribution in [0.3, 0.4) is 0 Å². The van der Waals surface area contributed by atoms with E-state index in [0.29, 0.717) is 11.7 Å². The topological polar surface area (TPSA) is 37.0 Å². The molecule has 1 rings (SSSR count). The molecule has 1 radical (unpaired) electrons. The van der Waals surface area contributed by atoms with Crippen molar-refractivity contribution in [1.82, 2.24) is 10.3 Å². The number of nitrogens with one attached hydrogen (secondary N) is 2. The Bertz CT molecular complexity index is 248. The van der Waals surface area contributed by atoms with Gasteiger partial charge in [-0.2, -0.15) is 0 Å². The zero-order valence-corrected chi connectivity index (χ0v) is 7.40. The molecule has 0 atom stereocenters. The largest absolute Gasteiger partial charge is 0.362 e. The predicted octanol–water partition coefficient (Wildman–Crippen LogP) is 1.20. The van der Waals surface area contributed by atoms with Gasteiger partial charge in [-0.1, -0.05) is 0 Å². The summed E-state index contributed by atoms with van der Waals surface area (Å²) in [7, 11) is 0. The Hall–Kier alpha value is -1.16. The van der Waals surface area contributed by atoms with Gasteiger partial charge in [0.25, 0.3) is 0 Å². The second kappa shape index (κ2) is 4.66. The SMILES string of the molecule is [CH2]CNC(=S)Nc1cccnc1. The van der Waals surface area contributed by atoms with E-state index in [9.17, 15) is 0 Å². The van der Waals surface area contributed by atoms with E-state index >= 15 is 0 Å². The molecular weight excluding hydrogens is 170 g/mol. The van der Waals surface area contributed by atoms with Crippen LogP contribution in [0.1, 0.15) is 0 Å². The number of nitrogens with zero attached hydrogens (tertiary/aromatic N) is 1. The highest BCUT2D eigenvalue weighted by atomic mass is 32.1. The highest BCUT2D eigenvalue weighted by Gasteiger charge is 1.93. The van der Waals surface area contributed by atoms with Crippen LogP contribution in [-0.4, -0.2) is 16.6 Å². The molecule has 0 bridgehead atoms. The molecule has 0 fully saturated rings. The van der Waals surface area contributed by atoms with Crippen molar-refractivity contribution in [2.24, 2.45) is 0 Å². The summed E-state index contributed by atoms with van der Waals surface area (Å²) < 4.78 is 0. The number of hydrogen-bond acceptors (Lipinski definition) is 2. The molecule has 0 unspecified atom stereocenters.